The van der Waals surface area contributed by atoms with Crippen molar-refractivity contribution in [2.45, 2.75) is 59.0 Å². The van der Waals surface area contributed by atoms with Crippen LogP contribution in [0.25, 0.3) is 0 Å². The average Bonchev–Trinajstić information content (AvgIpc) is 3.12. The van der Waals surface area contributed by atoms with Crippen LogP contribution in [0.1, 0.15) is 43.9 Å². The Hall–Kier alpha value is -5.10. The number of carbonyl (C=O) groups is 5. The second kappa shape index (κ2) is 19.3. The fraction of sp³-hybridized carbons (Fsp3) is 0.359. The lowest BCUT2D eigenvalue weighted by Gasteiger charge is -2.31. The second-order valence-corrected chi connectivity index (χ2v) is 14.1. The number of carbonyl (C=O) groups excluding carboxylic acids is 5. The standard InChI is InChI=1S/C39H48N6O5S/c1-5-31(36(47)43-34(24-28-12-7-6-8-13-28)38(49)45-19-21-51-22-20-45)42-37(48)33(23-26(2)3)41-35(46)25-29-15-17-30(18-16-29)40-39(50)44-32-14-10-9-11-27(32)4/h5-18,26,33-34H,19-25H2,1-4H3,(H,41,46)(H,42,48)(H,43,47)(H2,40,44,50)/b31-5+/t33-,34-/m0/s1. The van der Waals surface area contributed by atoms with Crippen LogP contribution in [-0.4, -0.2) is 71.2 Å². The van der Waals surface area contributed by atoms with Crippen LogP contribution in [0.4, 0.5) is 16.2 Å². The van der Waals surface area contributed by atoms with E-state index in [2.05, 4.69) is 26.6 Å². The van der Waals surface area contributed by atoms with Crippen molar-refractivity contribution in [2.24, 2.45) is 5.92 Å². The lowest BCUT2D eigenvalue weighted by molar-refractivity contribution is -0.135. The van der Waals surface area contributed by atoms with Gasteiger partial charge in [-0.1, -0.05) is 80.6 Å². The maximum absolute atomic E-state index is 13.5. The third-order valence-corrected chi connectivity index (χ3v) is 9.27. The summed E-state index contributed by atoms with van der Waals surface area (Å²) < 4.78 is 0. The molecule has 6 amide bonds. The zero-order chi connectivity index (χ0) is 36.8. The molecular weight excluding hydrogens is 665 g/mol. The number of allylic oxidation sites excluding steroid dienone is 1. The SMILES string of the molecule is C/C=C(/NC(=O)[C@H](CC(C)C)NC(=O)Cc1ccc(NC(=O)Nc2ccccc2C)cc1)C(=O)N[C@@H](Cc1ccccc1)C(=O)N1CCSCC1. The van der Waals surface area contributed by atoms with E-state index in [9.17, 15) is 24.0 Å². The summed E-state index contributed by atoms with van der Waals surface area (Å²) in [5.74, 6) is 0.110. The highest BCUT2D eigenvalue weighted by atomic mass is 32.2. The molecule has 0 spiro atoms. The van der Waals surface area contributed by atoms with Crippen LogP contribution in [0.3, 0.4) is 0 Å². The van der Waals surface area contributed by atoms with Gasteiger partial charge < -0.3 is 31.5 Å². The van der Waals surface area contributed by atoms with Crippen LogP contribution >= 0.6 is 11.8 Å². The lowest BCUT2D eigenvalue weighted by atomic mass is 10.0. The van der Waals surface area contributed by atoms with Crippen LogP contribution < -0.4 is 26.6 Å². The van der Waals surface area contributed by atoms with E-state index < -0.39 is 23.9 Å². The maximum atomic E-state index is 13.5. The summed E-state index contributed by atoms with van der Waals surface area (Å²) in [7, 11) is 0. The van der Waals surface area contributed by atoms with E-state index in [1.165, 1.54) is 6.08 Å². The van der Waals surface area contributed by atoms with Crippen molar-refractivity contribution in [1.82, 2.24) is 20.9 Å². The van der Waals surface area contributed by atoms with Gasteiger partial charge in [-0.25, -0.2) is 4.79 Å². The summed E-state index contributed by atoms with van der Waals surface area (Å²) in [5.41, 5.74) is 3.80. The zero-order valence-corrected chi connectivity index (χ0v) is 30.5. The number of nitrogens with one attached hydrogen (secondary N) is 5. The quantitative estimate of drug-likeness (QED) is 0.148. The molecule has 0 aliphatic carbocycles. The first kappa shape index (κ1) is 38.7. The molecule has 1 heterocycles. The van der Waals surface area contributed by atoms with Crippen LogP contribution in [0.2, 0.25) is 0 Å². The number of rotatable bonds is 14. The Balaban J connectivity index is 1.35. The molecule has 1 aliphatic rings. The molecule has 51 heavy (non-hydrogen) atoms. The molecule has 0 bridgehead atoms. The highest BCUT2D eigenvalue weighted by molar-refractivity contribution is 7.99. The normalized spacial score (nSPS) is 14.2. The second-order valence-electron chi connectivity index (χ2n) is 12.9. The molecule has 11 nitrogen and oxygen atoms in total. The summed E-state index contributed by atoms with van der Waals surface area (Å²) in [5, 5.41) is 14.0. The van der Waals surface area contributed by atoms with Crippen LogP contribution in [0.5, 0.6) is 0 Å². The number of urea groups is 1. The monoisotopic (exact) mass is 712 g/mol. The first-order valence-corrected chi connectivity index (χ1v) is 18.4. The highest BCUT2D eigenvalue weighted by Crippen LogP contribution is 2.16. The highest BCUT2D eigenvalue weighted by Gasteiger charge is 2.30. The van der Waals surface area contributed by atoms with Gasteiger partial charge in [-0.3, -0.25) is 19.2 Å². The van der Waals surface area contributed by atoms with E-state index in [0.717, 1.165) is 22.6 Å². The molecule has 1 saturated heterocycles. The van der Waals surface area contributed by atoms with Crippen molar-refractivity contribution in [1.29, 1.82) is 0 Å². The maximum Gasteiger partial charge on any atom is 0.323 e. The molecule has 270 valence electrons. The summed E-state index contributed by atoms with van der Waals surface area (Å²) in [6.45, 7) is 8.64. The predicted molar refractivity (Wildman–Crippen MR) is 203 cm³/mol. The number of anilines is 2. The lowest BCUT2D eigenvalue weighted by Crippen LogP contribution is -2.54. The number of thioether (sulfide) groups is 1. The van der Waals surface area contributed by atoms with Crippen LogP contribution in [0.15, 0.2) is 90.6 Å². The molecule has 0 aromatic heterocycles. The largest absolute Gasteiger partial charge is 0.344 e. The summed E-state index contributed by atoms with van der Waals surface area (Å²) in [4.78, 5) is 68.0. The van der Waals surface area contributed by atoms with Gasteiger partial charge in [-0.2, -0.15) is 11.8 Å². The fourth-order valence-electron chi connectivity index (χ4n) is 5.61. The van der Waals surface area contributed by atoms with Gasteiger partial charge in [-0.05, 0) is 61.1 Å². The Morgan fingerprint density at radius 2 is 1.47 bits per heavy atom. The van der Waals surface area contributed by atoms with Gasteiger partial charge in [0.2, 0.25) is 17.7 Å². The summed E-state index contributed by atoms with van der Waals surface area (Å²) in [6, 6.07) is 21.7. The van der Waals surface area contributed by atoms with Crippen molar-refractivity contribution < 1.29 is 24.0 Å². The number of nitrogens with zero attached hydrogens (tertiary/aromatic N) is 1. The van der Waals surface area contributed by atoms with Gasteiger partial charge in [-0.15, -0.1) is 0 Å². The van der Waals surface area contributed by atoms with Crippen molar-refractivity contribution >= 4 is 52.8 Å². The minimum absolute atomic E-state index is 0.00221. The summed E-state index contributed by atoms with van der Waals surface area (Å²) >= 11 is 1.79. The molecule has 3 aromatic carbocycles. The molecule has 0 unspecified atom stereocenters. The number of aryl methyl sites for hydroxylation is 1. The van der Waals surface area contributed by atoms with E-state index in [-0.39, 0.29) is 35.9 Å². The topological polar surface area (TPSA) is 149 Å². The molecule has 5 N–H and O–H groups in total. The number of hydrogen-bond acceptors (Lipinski definition) is 6. The number of hydrogen-bond donors (Lipinski definition) is 5. The van der Waals surface area contributed by atoms with E-state index in [1.807, 2.05) is 75.4 Å². The third-order valence-electron chi connectivity index (χ3n) is 8.33. The summed E-state index contributed by atoms with van der Waals surface area (Å²) in [6.07, 6.45) is 2.15. The Morgan fingerprint density at radius 3 is 2.12 bits per heavy atom. The molecule has 2 atom stereocenters. The molecule has 12 heteroatoms. The Kier molecular flexibility index (Phi) is 14.7. The minimum Gasteiger partial charge on any atom is -0.344 e. The van der Waals surface area contributed by atoms with E-state index >= 15 is 0 Å². The Morgan fingerprint density at radius 1 is 0.804 bits per heavy atom. The third kappa shape index (κ3) is 12.3. The molecular formula is C39H48N6O5S. The average molecular weight is 713 g/mol. The molecule has 3 aromatic rings. The number of para-hydroxylation sites is 1. The molecule has 1 fully saturated rings. The van der Waals surface area contributed by atoms with Gasteiger partial charge >= 0.3 is 6.03 Å². The first-order chi connectivity index (χ1) is 24.5. The van der Waals surface area contributed by atoms with Crippen molar-refractivity contribution in [3.63, 3.8) is 0 Å². The smallest absolute Gasteiger partial charge is 0.323 e. The minimum atomic E-state index is -0.904. The van der Waals surface area contributed by atoms with Gasteiger partial charge in [0.15, 0.2) is 0 Å². The Labute approximate surface area is 304 Å². The molecule has 0 radical (unpaired) electrons. The van der Waals surface area contributed by atoms with E-state index in [4.69, 9.17) is 0 Å². The van der Waals surface area contributed by atoms with Crippen molar-refractivity contribution in [3.8, 4) is 0 Å². The van der Waals surface area contributed by atoms with E-state index in [1.54, 1.807) is 47.9 Å². The van der Waals surface area contributed by atoms with Crippen molar-refractivity contribution in [2.75, 3.05) is 35.2 Å². The Bertz CT molecular complexity index is 1690. The molecule has 4 rings (SSSR count). The fourth-order valence-corrected chi connectivity index (χ4v) is 6.51. The van der Waals surface area contributed by atoms with E-state index in [0.29, 0.717) is 42.9 Å². The first-order valence-electron chi connectivity index (χ1n) is 17.2. The van der Waals surface area contributed by atoms with Crippen molar-refractivity contribution in [3.05, 3.63) is 107 Å². The molecule has 1 aliphatic heterocycles. The van der Waals surface area contributed by atoms with Crippen LogP contribution in [-0.2, 0) is 32.0 Å². The van der Waals surface area contributed by atoms with Gasteiger partial charge in [0.25, 0.3) is 5.91 Å². The van der Waals surface area contributed by atoms with Gasteiger partial charge in [0.05, 0.1) is 6.42 Å². The number of benzene rings is 3. The predicted octanol–water partition coefficient (Wildman–Crippen LogP) is 5.04. The van der Waals surface area contributed by atoms with Gasteiger partial charge in [0.1, 0.15) is 17.8 Å². The van der Waals surface area contributed by atoms with Crippen LogP contribution in [0, 0.1) is 12.8 Å². The zero-order valence-electron chi connectivity index (χ0n) is 29.7. The number of amides is 6. The van der Waals surface area contributed by atoms with Gasteiger partial charge in [0, 0.05) is 42.4 Å². The molecule has 0 saturated carbocycles.